The van der Waals surface area contributed by atoms with Gasteiger partial charge in [0.2, 0.25) is 10.0 Å². The summed E-state index contributed by atoms with van der Waals surface area (Å²) in [6, 6.07) is 2.48. The number of ether oxygens (including phenoxy) is 1. The number of carbonyl (C=O) groups excluding carboxylic acids is 1. The highest BCUT2D eigenvalue weighted by Gasteiger charge is 2.21. The minimum absolute atomic E-state index is 0.00820. The summed E-state index contributed by atoms with van der Waals surface area (Å²) < 4.78 is 30.6. The number of benzene rings is 1. The fourth-order valence-corrected chi connectivity index (χ4v) is 2.26. The predicted octanol–water partition coefficient (Wildman–Crippen LogP) is -0.455. The highest BCUT2D eigenvalue weighted by Crippen LogP contribution is 2.28. The third-order valence-corrected chi connectivity index (χ3v) is 3.83. The first-order valence-electron chi connectivity index (χ1n) is 5.00. The van der Waals surface area contributed by atoms with Crippen LogP contribution < -0.4 is 20.5 Å². The summed E-state index contributed by atoms with van der Waals surface area (Å²) in [7, 11) is 0.337. The van der Waals surface area contributed by atoms with Gasteiger partial charge in [0.15, 0.2) is 0 Å². The molecule has 1 aromatic carbocycles. The molecule has 0 aliphatic carbocycles. The first-order valence-corrected chi connectivity index (χ1v) is 6.48. The lowest BCUT2D eigenvalue weighted by atomic mass is 10.1. The molecular weight excluding hydrogens is 258 g/mol. The Morgan fingerprint density at radius 3 is 2.39 bits per heavy atom. The van der Waals surface area contributed by atoms with Crippen molar-refractivity contribution in [3.63, 3.8) is 0 Å². The minimum Gasteiger partial charge on any atom is -0.496 e. The zero-order valence-electron chi connectivity index (χ0n) is 10.3. The third kappa shape index (κ3) is 2.54. The van der Waals surface area contributed by atoms with E-state index >= 15 is 0 Å². The summed E-state index contributed by atoms with van der Waals surface area (Å²) >= 11 is 0. The molecule has 0 atom stereocenters. The maximum Gasteiger partial charge on any atom is 0.254 e. The average Bonchev–Trinajstić information content (AvgIpc) is 2.37. The number of hydrogen-bond acceptors (Lipinski definition) is 5. The first kappa shape index (κ1) is 14.3. The lowest BCUT2D eigenvalue weighted by Gasteiger charge is -2.12. The van der Waals surface area contributed by atoms with Crippen molar-refractivity contribution in [2.45, 2.75) is 4.90 Å². The Morgan fingerprint density at radius 2 is 1.94 bits per heavy atom. The second-order valence-corrected chi connectivity index (χ2v) is 5.23. The van der Waals surface area contributed by atoms with Crippen LogP contribution in [0.5, 0.6) is 5.75 Å². The van der Waals surface area contributed by atoms with E-state index in [0.29, 0.717) is 0 Å². The molecule has 1 aromatic rings. The lowest BCUT2D eigenvalue weighted by Crippen LogP contribution is -2.23. The Hall–Kier alpha value is -1.80. The van der Waals surface area contributed by atoms with Crippen molar-refractivity contribution in [1.29, 1.82) is 0 Å². The fraction of sp³-hybridized carbons (Fsp3) is 0.300. The van der Waals surface area contributed by atoms with Gasteiger partial charge in [-0.15, -0.1) is 0 Å². The molecule has 0 saturated heterocycles. The summed E-state index contributed by atoms with van der Waals surface area (Å²) in [5.41, 5.74) is 5.75. The Balaban J connectivity index is 3.54. The van der Waals surface area contributed by atoms with Gasteiger partial charge in [0, 0.05) is 13.1 Å². The molecule has 8 heteroatoms. The van der Waals surface area contributed by atoms with Crippen LogP contribution in [0.4, 0.5) is 5.69 Å². The van der Waals surface area contributed by atoms with Gasteiger partial charge in [0.1, 0.15) is 10.6 Å². The molecule has 0 aromatic heterocycles. The second kappa shape index (κ2) is 5.23. The van der Waals surface area contributed by atoms with E-state index in [1.807, 2.05) is 0 Å². The molecule has 0 unspecified atom stereocenters. The van der Waals surface area contributed by atoms with Gasteiger partial charge in [-0.2, -0.15) is 0 Å². The van der Waals surface area contributed by atoms with Crippen LogP contribution in [0.2, 0.25) is 0 Å². The third-order valence-electron chi connectivity index (χ3n) is 2.36. The van der Waals surface area contributed by atoms with Gasteiger partial charge in [-0.1, -0.05) is 0 Å². The molecule has 0 fully saturated rings. The SMILES string of the molecule is CNC(=O)c1cc(S(=O)(=O)NC)c(N)cc1OC. The highest BCUT2D eigenvalue weighted by molar-refractivity contribution is 7.89. The summed E-state index contributed by atoms with van der Waals surface area (Å²) in [4.78, 5) is 11.5. The van der Waals surface area contributed by atoms with Gasteiger partial charge in [-0.25, -0.2) is 13.1 Å². The van der Waals surface area contributed by atoms with Crippen molar-refractivity contribution in [3.8, 4) is 5.75 Å². The Morgan fingerprint density at radius 1 is 1.33 bits per heavy atom. The summed E-state index contributed by atoms with van der Waals surface area (Å²) in [6.07, 6.45) is 0. The molecule has 0 saturated carbocycles. The van der Waals surface area contributed by atoms with E-state index in [-0.39, 0.29) is 21.9 Å². The minimum atomic E-state index is -3.73. The number of nitrogen functional groups attached to an aromatic ring is 1. The highest BCUT2D eigenvalue weighted by atomic mass is 32.2. The van der Waals surface area contributed by atoms with Gasteiger partial charge in [-0.3, -0.25) is 4.79 Å². The van der Waals surface area contributed by atoms with Gasteiger partial charge in [-0.05, 0) is 13.1 Å². The fourth-order valence-electron chi connectivity index (χ4n) is 1.40. The summed E-state index contributed by atoms with van der Waals surface area (Å²) in [6.45, 7) is 0. The molecule has 7 nitrogen and oxygen atoms in total. The number of carbonyl (C=O) groups is 1. The summed E-state index contributed by atoms with van der Waals surface area (Å²) in [5, 5.41) is 2.40. The van der Waals surface area contributed by atoms with Crippen molar-refractivity contribution >= 4 is 21.6 Å². The number of methoxy groups -OCH3 is 1. The van der Waals surface area contributed by atoms with Gasteiger partial charge in [0.05, 0.1) is 18.4 Å². The molecular formula is C10H15N3O4S. The van der Waals surface area contributed by atoms with Crippen molar-refractivity contribution in [2.75, 3.05) is 26.9 Å². The standard InChI is InChI=1S/C10H15N3O4S/c1-12-10(14)6-4-9(18(15,16)13-2)7(11)5-8(6)17-3/h4-5,13H,11H2,1-3H3,(H,12,14). The van der Waals surface area contributed by atoms with E-state index in [2.05, 4.69) is 10.0 Å². The van der Waals surface area contributed by atoms with E-state index < -0.39 is 15.9 Å². The zero-order chi connectivity index (χ0) is 13.9. The zero-order valence-corrected chi connectivity index (χ0v) is 11.1. The van der Waals surface area contributed by atoms with Crippen molar-refractivity contribution in [1.82, 2.24) is 10.0 Å². The van der Waals surface area contributed by atoms with Gasteiger partial charge >= 0.3 is 0 Å². The monoisotopic (exact) mass is 273 g/mol. The first-order chi connectivity index (χ1) is 8.37. The van der Waals surface area contributed by atoms with Crippen LogP contribution in [0.15, 0.2) is 17.0 Å². The Kier molecular flexibility index (Phi) is 4.15. The Bertz CT molecular complexity index is 569. The molecule has 1 rings (SSSR count). The van der Waals surface area contributed by atoms with Crippen LogP contribution in [0.25, 0.3) is 0 Å². The largest absolute Gasteiger partial charge is 0.496 e. The maximum atomic E-state index is 11.7. The van der Waals surface area contributed by atoms with Crippen molar-refractivity contribution in [3.05, 3.63) is 17.7 Å². The molecule has 4 N–H and O–H groups in total. The van der Waals surface area contributed by atoms with E-state index in [1.54, 1.807) is 0 Å². The number of rotatable bonds is 4. The lowest BCUT2D eigenvalue weighted by molar-refractivity contribution is 0.0960. The van der Waals surface area contributed by atoms with Gasteiger partial charge < -0.3 is 15.8 Å². The number of amides is 1. The summed E-state index contributed by atoms with van der Waals surface area (Å²) in [5.74, 6) is -0.249. The number of sulfonamides is 1. The normalized spacial score (nSPS) is 11.1. The number of hydrogen-bond donors (Lipinski definition) is 3. The molecule has 1 amide bonds. The number of nitrogens with two attached hydrogens (primary N) is 1. The second-order valence-electron chi connectivity index (χ2n) is 3.38. The molecule has 0 radical (unpaired) electrons. The van der Waals surface area contributed by atoms with Crippen LogP contribution in [-0.2, 0) is 10.0 Å². The number of anilines is 1. The molecule has 0 bridgehead atoms. The molecule has 0 spiro atoms. The van der Waals surface area contributed by atoms with E-state index in [1.165, 1.54) is 33.3 Å². The van der Waals surface area contributed by atoms with Crippen LogP contribution in [0, 0.1) is 0 Å². The van der Waals surface area contributed by atoms with Crippen molar-refractivity contribution < 1.29 is 17.9 Å². The molecule has 18 heavy (non-hydrogen) atoms. The number of nitrogens with one attached hydrogen (secondary N) is 2. The smallest absolute Gasteiger partial charge is 0.254 e. The maximum absolute atomic E-state index is 11.7. The average molecular weight is 273 g/mol. The van der Waals surface area contributed by atoms with E-state index in [4.69, 9.17) is 10.5 Å². The predicted molar refractivity (Wildman–Crippen MR) is 67.0 cm³/mol. The molecule has 0 heterocycles. The topological polar surface area (TPSA) is 111 Å². The van der Waals surface area contributed by atoms with Crippen LogP contribution >= 0.6 is 0 Å². The van der Waals surface area contributed by atoms with Crippen LogP contribution in [0.3, 0.4) is 0 Å². The van der Waals surface area contributed by atoms with Crippen molar-refractivity contribution in [2.24, 2.45) is 0 Å². The quantitative estimate of drug-likeness (QED) is 0.643. The Labute approximate surface area is 105 Å². The molecule has 100 valence electrons. The van der Waals surface area contributed by atoms with Gasteiger partial charge in [0.25, 0.3) is 5.91 Å². The molecule has 0 aliphatic heterocycles. The molecule has 0 aliphatic rings. The van der Waals surface area contributed by atoms with Crippen LogP contribution in [-0.4, -0.2) is 35.5 Å². The van der Waals surface area contributed by atoms with Crippen LogP contribution in [0.1, 0.15) is 10.4 Å². The van der Waals surface area contributed by atoms with E-state index in [0.717, 1.165) is 0 Å². The van der Waals surface area contributed by atoms with E-state index in [9.17, 15) is 13.2 Å².